The molecule has 1 atom stereocenters. The van der Waals surface area contributed by atoms with Gasteiger partial charge in [0.1, 0.15) is 5.75 Å². The van der Waals surface area contributed by atoms with Crippen molar-refractivity contribution in [1.29, 1.82) is 0 Å². The second kappa shape index (κ2) is 7.12. The molecule has 0 unspecified atom stereocenters. The lowest BCUT2D eigenvalue weighted by molar-refractivity contribution is -0.197. The highest BCUT2D eigenvalue weighted by Crippen LogP contribution is 2.36. The number of nitrogens with one attached hydrogen (secondary N) is 2. The number of methoxy groups -OCH3 is 1. The molecule has 29 heavy (non-hydrogen) atoms. The molecule has 0 bridgehead atoms. The van der Waals surface area contributed by atoms with Gasteiger partial charge in [0.25, 0.3) is 17.5 Å². The van der Waals surface area contributed by atoms with Gasteiger partial charge < -0.3 is 10.1 Å². The van der Waals surface area contributed by atoms with Crippen LogP contribution in [-0.4, -0.2) is 36.8 Å². The molecule has 0 aromatic heterocycles. The van der Waals surface area contributed by atoms with E-state index in [0.717, 1.165) is 0 Å². The third kappa shape index (κ3) is 3.37. The van der Waals surface area contributed by atoms with Gasteiger partial charge in [-0.2, -0.15) is 13.2 Å². The van der Waals surface area contributed by atoms with Crippen molar-refractivity contribution in [2.45, 2.75) is 18.8 Å². The molecule has 1 fully saturated rings. The quantitative estimate of drug-likeness (QED) is 0.763. The summed E-state index contributed by atoms with van der Waals surface area (Å²) in [4.78, 5) is 37.9. The zero-order valence-corrected chi connectivity index (χ0v) is 15.3. The van der Waals surface area contributed by atoms with Crippen LogP contribution in [0.1, 0.15) is 15.9 Å². The number of alkyl halides is 3. The Kier molecular flexibility index (Phi) is 4.95. The van der Waals surface area contributed by atoms with E-state index in [0.29, 0.717) is 16.2 Å². The highest BCUT2D eigenvalue weighted by Gasteiger charge is 2.69. The number of carbonyl (C=O) groups is 3. The van der Waals surface area contributed by atoms with Crippen molar-refractivity contribution in [1.82, 2.24) is 10.6 Å². The summed E-state index contributed by atoms with van der Waals surface area (Å²) in [7, 11) is 1.39. The molecule has 152 valence electrons. The maximum atomic E-state index is 13.9. The van der Waals surface area contributed by atoms with E-state index in [1.54, 1.807) is 29.7 Å². The summed E-state index contributed by atoms with van der Waals surface area (Å²) in [5.74, 6) is -2.44. The average molecular weight is 407 g/mol. The van der Waals surface area contributed by atoms with Gasteiger partial charge in [-0.05, 0) is 42.8 Å². The fourth-order valence-electron chi connectivity index (χ4n) is 2.90. The van der Waals surface area contributed by atoms with Gasteiger partial charge in [0.2, 0.25) is 0 Å². The lowest BCUT2D eigenvalue weighted by atomic mass is 10.1. The first kappa shape index (κ1) is 20.2. The number of para-hydroxylation sites is 1. The van der Waals surface area contributed by atoms with E-state index in [4.69, 9.17) is 4.74 Å². The Labute approximate surface area is 163 Å². The van der Waals surface area contributed by atoms with Gasteiger partial charge in [-0.15, -0.1) is 0 Å². The normalized spacial score (nSPS) is 19.1. The van der Waals surface area contributed by atoms with Gasteiger partial charge in [0, 0.05) is 5.56 Å². The number of rotatable bonds is 4. The number of nitrogens with zero attached hydrogens (tertiary/aromatic N) is 1. The molecule has 4 amide bonds. The molecule has 1 aliphatic rings. The predicted octanol–water partition coefficient (Wildman–Crippen LogP) is 2.75. The summed E-state index contributed by atoms with van der Waals surface area (Å²) in [6.45, 7) is 1.54. The fourth-order valence-corrected chi connectivity index (χ4v) is 2.90. The Balaban J connectivity index is 1.99. The van der Waals surface area contributed by atoms with Gasteiger partial charge in [-0.25, -0.2) is 9.69 Å². The van der Waals surface area contributed by atoms with Crippen LogP contribution in [0.3, 0.4) is 0 Å². The number of ether oxygens (including phenoxy) is 1. The molecular formula is C19H16F3N3O4. The highest BCUT2D eigenvalue weighted by atomic mass is 19.4. The number of benzene rings is 2. The van der Waals surface area contributed by atoms with Gasteiger partial charge in [-0.3, -0.25) is 14.9 Å². The van der Waals surface area contributed by atoms with Crippen LogP contribution in [0.2, 0.25) is 0 Å². The van der Waals surface area contributed by atoms with E-state index in [2.05, 4.69) is 0 Å². The Bertz CT molecular complexity index is 975. The van der Waals surface area contributed by atoms with E-state index in [1.807, 2.05) is 0 Å². The Morgan fingerprint density at radius 2 is 1.72 bits per heavy atom. The van der Waals surface area contributed by atoms with Gasteiger partial charge >= 0.3 is 12.2 Å². The number of amides is 4. The monoisotopic (exact) mass is 407 g/mol. The minimum absolute atomic E-state index is 0.0141. The van der Waals surface area contributed by atoms with E-state index in [1.165, 1.54) is 43.5 Å². The van der Waals surface area contributed by atoms with E-state index in [9.17, 15) is 27.6 Å². The van der Waals surface area contributed by atoms with Crippen molar-refractivity contribution >= 4 is 23.5 Å². The molecule has 1 saturated heterocycles. The first-order chi connectivity index (χ1) is 13.6. The summed E-state index contributed by atoms with van der Waals surface area (Å²) < 4.78 is 46.7. The van der Waals surface area contributed by atoms with Crippen LogP contribution in [-0.2, 0) is 4.79 Å². The second-order valence-electron chi connectivity index (χ2n) is 6.29. The summed E-state index contributed by atoms with van der Waals surface area (Å²) in [5.41, 5.74) is -3.34. The SMILES string of the molecule is COc1ccc(C(=O)N[C@@]2(C(F)(F)F)NC(=O)N(c3ccccc3C)C2=O)cc1. The van der Waals surface area contributed by atoms with E-state index >= 15 is 0 Å². The van der Waals surface area contributed by atoms with Crippen LogP contribution in [0, 0.1) is 6.92 Å². The summed E-state index contributed by atoms with van der Waals surface area (Å²) in [6.07, 6.45) is -5.29. The van der Waals surface area contributed by atoms with Gasteiger partial charge in [0.05, 0.1) is 12.8 Å². The van der Waals surface area contributed by atoms with Crippen LogP contribution >= 0.6 is 0 Å². The molecule has 10 heteroatoms. The molecule has 2 aromatic carbocycles. The number of hydrogen-bond donors (Lipinski definition) is 2. The van der Waals surface area contributed by atoms with E-state index < -0.39 is 29.7 Å². The van der Waals surface area contributed by atoms with Crippen LogP contribution in [0.15, 0.2) is 48.5 Å². The predicted molar refractivity (Wildman–Crippen MR) is 96.4 cm³/mol. The molecule has 1 aliphatic heterocycles. The van der Waals surface area contributed by atoms with Gasteiger partial charge in [0.15, 0.2) is 0 Å². The summed E-state index contributed by atoms with van der Waals surface area (Å²) in [6, 6.07) is 9.90. The van der Waals surface area contributed by atoms with Crippen LogP contribution < -0.4 is 20.3 Å². The van der Waals surface area contributed by atoms with Crippen molar-refractivity contribution in [3.63, 3.8) is 0 Å². The van der Waals surface area contributed by atoms with Crippen molar-refractivity contribution < 1.29 is 32.3 Å². The van der Waals surface area contributed by atoms with Gasteiger partial charge in [-0.1, -0.05) is 18.2 Å². The number of hydrogen-bond acceptors (Lipinski definition) is 4. The molecule has 2 aromatic rings. The molecule has 0 spiro atoms. The number of anilines is 1. The lowest BCUT2D eigenvalue weighted by Gasteiger charge is -2.30. The molecule has 1 heterocycles. The standard InChI is InChI=1S/C19H16F3N3O4/c1-11-5-3-4-6-14(11)25-16(27)18(19(20,21)22,24-17(25)28)23-15(26)12-7-9-13(29-2)10-8-12/h3-10H,1-2H3,(H,23,26)(H,24,28)/t18-/m1/s1. The van der Waals surface area contributed by atoms with E-state index in [-0.39, 0.29) is 11.3 Å². The molecule has 0 radical (unpaired) electrons. The minimum atomic E-state index is -5.29. The molecule has 0 saturated carbocycles. The topological polar surface area (TPSA) is 87.7 Å². The Morgan fingerprint density at radius 1 is 1.10 bits per heavy atom. The summed E-state index contributed by atoms with van der Waals surface area (Å²) in [5, 5.41) is 3.27. The van der Waals surface area contributed by atoms with Crippen molar-refractivity contribution in [3.8, 4) is 5.75 Å². The Morgan fingerprint density at radius 3 is 2.28 bits per heavy atom. The summed E-state index contributed by atoms with van der Waals surface area (Å²) >= 11 is 0. The number of halogens is 3. The Hall–Kier alpha value is -3.56. The fraction of sp³-hybridized carbons (Fsp3) is 0.211. The van der Waals surface area contributed by atoms with Crippen LogP contribution in [0.4, 0.5) is 23.7 Å². The molecule has 0 aliphatic carbocycles. The number of carbonyl (C=O) groups excluding carboxylic acids is 3. The first-order valence-corrected chi connectivity index (χ1v) is 8.36. The first-order valence-electron chi connectivity index (χ1n) is 8.36. The number of aryl methyl sites for hydroxylation is 1. The zero-order chi connectivity index (χ0) is 21.4. The zero-order valence-electron chi connectivity index (χ0n) is 15.3. The second-order valence-corrected chi connectivity index (χ2v) is 6.29. The third-order valence-corrected chi connectivity index (χ3v) is 4.46. The molecule has 3 rings (SSSR count). The maximum absolute atomic E-state index is 13.9. The van der Waals surface area contributed by atoms with Crippen molar-refractivity contribution in [3.05, 3.63) is 59.7 Å². The largest absolute Gasteiger partial charge is 0.497 e. The minimum Gasteiger partial charge on any atom is -0.497 e. The molecular weight excluding hydrogens is 391 g/mol. The molecule has 2 N–H and O–H groups in total. The molecule has 7 nitrogen and oxygen atoms in total. The average Bonchev–Trinajstić information content (AvgIpc) is 2.93. The third-order valence-electron chi connectivity index (χ3n) is 4.46. The van der Waals surface area contributed by atoms with Crippen LogP contribution in [0.25, 0.3) is 0 Å². The maximum Gasteiger partial charge on any atom is 0.440 e. The van der Waals surface area contributed by atoms with Crippen molar-refractivity contribution in [2.24, 2.45) is 0 Å². The van der Waals surface area contributed by atoms with Crippen molar-refractivity contribution in [2.75, 3.05) is 12.0 Å². The van der Waals surface area contributed by atoms with Crippen LogP contribution in [0.5, 0.6) is 5.75 Å². The smallest absolute Gasteiger partial charge is 0.440 e. The number of imide groups is 1. The number of urea groups is 1. The lowest BCUT2D eigenvalue weighted by Crippen LogP contribution is -2.69. The highest BCUT2D eigenvalue weighted by molar-refractivity contribution is 6.24.